The first-order chi connectivity index (χ1) is 30.8. The van der Waals surface area contributed by atoms with Crippen molar-refractivity contribution in [2.24, 2.45) is 0 Å². The summed E-state index contributed by atoms with van der Waals surface area (Å²) >= 11 is 1.78. The van der Waals surface area contributed by atoms with Crippen LogP contribution in [0.1, 0.15) is 22.3 Å². The number of thiophene rings is 1. The number of rotatable bonds is 3. The lowest BCUT2D eigenvalue weighted by atomic mass is 9.66. The molecule has 1 aliphatic heterocycles. The Balaban J connectivity index is 1.09. The number of ether oxygens (including phenoxy) is 1. The third kappa shape index (κ3) is 4.45. The highest BCUT2D eigenvalue weighted by atomic mass is 32.1. The minimum absolute atomic E-state index is 0.622. The van der Waals surface area contributed by atoms with Crippen molar-refractivity contribution in [1.82, 2.24) is 14.5 Å². The topological polar surface area (TPSA) is 39.9 Å². The van der Waals surface area contributed by atoms with E-state index in [1.54, 1.807) is 11.3 Å². The zero-order valence-corrected chi connectivity index (χ0v) is 34.0. The van der Waals surface area contributed by atoms with Gasteiger partial charge in [0.05, 0.1) is 32.4 Å². The summed E-state index contributed by atoms with van der Waals surface area (Å²) in [5.74, 6) is 2.47. The van der Waals surface area contributed by atoms with Gasteiger partial charge >= 0.3 is 0 Å². The third-order valence-corrected chi connectivity index (χ3v) is 14.4. The SMILES string of the molecule is c1ccc(-n2c3ccccc3c3cc(-c4nc(-c5cccc6c5-c5c(ccc7ccccc57)C65c6ccccc6Oc6ccccc65)c5sc6ccccc6c5n4)ccc32)cc1. The first-order valence-corrected chi connectivity index (χ1v) is 21.9. The molecule has 288 valence electrons. The monoisotopic (exact) mass is 807 g/mol. The van der Waals surface area contributed by atoms with E-state index in [0.29, 0.717) is 5.82 Å². The van der Waals surface area contributed by atoms with E-state index in [1.807, 2.05) is 0 Å². The molecule has 4 heterocycles. The molecule has 0 N–H and O–H groups in total. The van der Waals surface area contributed by atoms with Crippen LogP contribution in [0.25, 0.3) is 92.3 Å². The molecule has 0 radical (unpaired) electrons. The number of hydrogen-bond donors (Lipinski definition) is 0. The Labute approximate surface area is 360 Å². The van der Waals surface area contributed by atoms with Crippen LogP contribution in [-0.4, -0.2) is 14.5 Å². The minimum Gasteiger partial charge on any atom is -0.457 e. The number of para-hydroxylation sites is 4. The lowest BCUT2D eigenvalue weighted by Gasteiger charge is -2.39. The van der Waals surface area contributed by atoms with E-state index < -0.39 is 5.41 Å². The summed E-state index contributed by atoms with van der Waals surface area (Å²) in [7, 11) is 0. The molecule has 12 aromatic rings. The molecule has 0 amide bonds. The van der Waals surface area contributed by atoms with E-state index in [-0.39, 0.29) is 0 Å². The van der Waals surface area contributed by atoms with Crippen molar-refractivity contribution in [3.63, 3.8) is 0 Å². The second-order valence-corrected chi connectivity index (χ2v) is 17.4. The molecule has 3 aromatic heterocycles. The molecule has 2 aliphatic rings. The molecule has 0 fully saturated rings. The molecule has 9 aromatic carbocycles. The summed E-state index contributed by atoms with van der Waals surface area (Å²) in [6.07, 6.45) is 0. The minimum atomic E-state index is -0.622. The Morgan fingerprint density at radius 2 is 1.13 bits per heavy atom. The maximum Gasteiger partial charge on any atom is 0.160 e. The predicted molar refractivity (Wildman–Crippen MR) is 255 cm³/mol. The number of nitrogens with zero attached hydrogens (tertiary/aromatic N) is 3. The first-order valence-electron chi connectivity index (χ1n) is 21.1. The summed E-state index contributed by atoms with van der Waals surface area (Å²) in [6, 6.07) is 72.2. The van der Waals surface area contributed by atoms with Crippen molar-refractivity contribution in [3.8, 4) is 51.0 Å². The molecule has 1 aliphatic carbocycles. The summed E-state index contributed by atoms with van der Waals surface area (Å²) in [5, 5.41) is 5.93. The van der Waals surface area contributed by atoms with Gasteiger partial charge in [-0.15, -0.1) is 11.3 Å². The fraction of sp³-hybridized carbons (Fsp3) is 0.0175. The second-order valence-electron chi connectivity index (χ2n) is 16.4. The zero-order chi connectivity index (χ0) is 40.5. The van der Waals surface area contributed by atoms with Crippen molar-refractivity contribution in [3.05, 3.63) is 222 Å². The Hall–Kier alpha value is -7.86. The molecule has 14 rings (SSSR count). The van der Waals surface area contributed by atoms with Gasteiger partial charge in [0.1, 0.15) is 11.5 Å². The highest BCUT2D eigenvalue weighted by Gasteiger charge is 2.52. The Morgan fingerprint density at radius 1 is 0.468 bits per heavy atom. The highest BCUT2D eigenvalue weighted by molar-refractivity contribution is 7.26. The van der Waals surface area contributed by atoms with Crippen LogP contribution in [0.2, 0.25) is 0 Å². The van der Waals surface area contributed by atoms with Gasteiger partial charge in [-0.25, -0.2) is 9.97 Å². The van der Waals surface area contributed by atoms with Crippen LogP contribution in [0.4, 0.5) is 0 Å². The van der Waals surface area contributed by atoms with Crippen molar-refractivity contribution >= 4 is 64.2 Å². The quantitative estimate of drug-likeness (QED) is 0.178. The van der Waals surface area contributed by atoms with Gasteiger partial charge < -0.3 is 9.30 Å². The van der Waals surface area contributed by atoms with Gasteiger partial charge in [0.2, 0.25) is 0 Å². The normalized spacial score (nSPS) is 13.4. The number of benzene rings is 9. The number of hydrogen-bond acceptors (Lipinski definition) is 4. The van der Waals surface area contributed by atoms with Crippen LogP contribution in [0.5, 0.6) is 11.5 Å². The molecule has 0 saturated carbocycles. The van der Waals surface area contributed by atoms with E-state index in [1.165, 1.54) is 54.0 Å². The van der Waals surface area contributed by atoms with Crippen molar-refractivity contribution in [2.45, 2.75) is 5.41 Å². The Morgan fingerprint density at radius 3 is 1.97 bits per heavy atom. The molecule has 1 spiro atoms. The van der Waals surface area contributed by atoms with Gasteiger partial charge in [0, 0.05) is 48.8 Å². The van der Waals surface area contributed by atoms with E-state index in [2.05, 4.69) is 205 Å². The molecule has 5 heteroatoms. The van der Waals surface area contributed by atoms with Crippen LogP contribution in [0.3, 0.4) is 0 Å². The molecule has 4 nitrogen and oxygen atoms in total. The van der Waals surface area contributed by atoms with Crippen molar-refractivity contribution in [1.29, 1.82) is 0 Å². The molecule has 0 saturated heterocycles. The highest BCUT2D eigenvalue weighted by Crippen LogP contribution is 2.64. The average Bonchev–Trinajstić information content (AvgIpc) is 3.98. The number of aromatic nitrogens is 3. The molecule has 0 bridgehead atoms. The van der Waals surface area contributed by atoms with E-state index in [4.69, 9.17) is 14.7 Å². The van der Waals surface area contributed by atoms with E-state index in [9.17, 15) is 0 Å². The van der Waals surface area contributed by atoms with Gasteiger partial charge in [-0.1, -0.05) is 146 Å². The maximum atomic E-state index is 6.72. The van der Waals surface area contributed by atoms with Gasteiger partial charge in [-0.2, -0.15) is 0 Å². The Bertz CT molecular complexity index is 3820. The lowest BCUT2D eigenvalue weighted by molar-refractivity contribution is 0.436. The predicted octanol–water partition coefficient (Wildman–Crippen LogP) is 14.9. The van der Waals surface area contributed by atoms with Gasteiger partial charge in [0.15, 0.2) is 5.82 Å². The summed E-state index contributed by atoms with van der Waals surface area (Å²) in [5.41, 5.74) is 14.0. The fourth-order valence-corrected chi connectivity index (χ4v) is 11.9. The molecule has 0 unspecified atom stereocenters. The van der Waals surface area contributed by atoms with Crippen LogP contribution in [-0.2, 0) is 5.41 Å². The van der Waals surface area contributed by atoms with Crippen LogP contribution >= 0.6 is 11.3 Å². The van der Waals surface area contributed by atoms with Crippen LogP contribution in [0.15, 0.2) is 200 Å². The van der Waals surface area contributed by atoms with Crippen LogP contribution < -0.4 is 4.74 Å². The number of fused-ring (bicyclic) bond motifs is 17. The molecule has 62 heavy (non-hydrogen) atoms. The summed E-state index contributed by atoms with van der Waals surface area (Å²) in [4.78, 5) is 11.2. The zero-order valence-electron chi connectivity index (χ0n) is 33.2. The Kier molecular flexibility index (Phi) is 6.88. The molecule has 0 atom stereocenters. The van der Waals surface area contributed by atoms with Gasteiger partial charge in [-0.3, -0.25) is 0 Å². The van der Waals surface area contributed by atoms with Crippen LogP contribution in [0, 0.1) is 0 Å². The van der Waals surface area contributed by atoms with E-state index in [0.717, 1.165) is 66.3 Å². The first kappa shape index (κ1) is 33.9. The largest absolute Gasteiger partial charge is 0.457 e. The summed E-state index contributed by atoms with van der Waals surface area (Å²) in [6.45, 7) is 0. The molecular weight excluding hydrogens is 775 g/mol. The second kappa shape index (κ2) is 12.6. The van der Waals surface area contributed by atoms with Crippen molar-refractivity contribution < 1.29 is 4.74 Å². The lowest BCUT2D eigenvalue weighted by Crippen LogP contribution is -2.32. The molecular formula is C57H33N3OS. The van der Waals surface area contributed by atoms with Gasteiger partial charge in [0.25, 0.3) is 0 Å². The summed E-state index contributed by atoms with van der Waals surface area (Å²) < 4.78 is 11.3. The third-order valence-electron chi connectivity index (χ3n) is 13.3. The maximum absolute atomic E-state index is 6.72. The standard InChI is InChI=1S/C57H33N3OS/c1-2-16-36(17-3-1)60-46-25-10-6-19-38(46)41-33-35(30-32-47(41)60)56-58-53-39-20-7-13-28-50(39)62-55(53)54(59-56)40-21-14-24-44-52(40)51-37-18-5-4-15-34(37)29-31-45(51)57(44)42-22-8-11-26-48(42)61-49-27-12-9-23-43(49)57/h1-33H. The smallest absolute Gasteiger partial charge is 0.160 e. The van der Waals surface area contributed by atoms with Crippen molar-refractivity contribution in [2.75, 3.05) is 0 Å². The fourth-order valence-electron chi connectivity index (χ4n) is 10.8. The average molecular weight is 808 g/mol. The van der Waals surface area contributed by atoms with E-state index >= 15 is 0 Å². The van der Waals surface area contributed by atoms with Gasteiger partial charge in [-0.05, 0) is 87.6 Å².